The predicted octanol–water partition coefficient (Wildman–Crippen LogP) is 3.65. The molecule has 92 valence electrons. The molecule has 6 heteroatoms. The largest absolute Gasteiger partial charge is 0.506 e. The zero-order valence-corrected chi connectivity index (χ0v) is 13.4. The molecule has 2 aromatic rings. The molecule has 0 spiro atoms. The molecule has 0 unspecified atom stereocenters. The summed E-state index contributed by atoms with van der Waals surface area (Å²) in [5.41, 5.74) is 0.642. The van der Waals surface area contributed by atoms with Crippen molar-refractivity contribution < 1.29 is 9.52 Å². The standard InChI is InChI=1S/C12H8I2N2O2/c13-9-4-8(12(17)11(14)5-9)6-15-16-7-10-2-1-3-18-10/h1-7,17H/b15-6-,16-7+. The highest BCUT2D eigenvalue weighted by Gasteiger charge is 2.04. The Morgan fingerprint density at radius 1 is 1.17 bits per heavy atom. The van der Waals surface area contributed by atoms with Crippen LogP contribution in [-0.2, 0) is 0 Å². The molecule has 1 aromatic carbocycles. The van der Waals surface area contributed by atoms with E-state index in [9.17, 15) is 5.11 Å². The number of halogens is 2. The van der Waals surface area contributed by atoms with Crippen molar-refractivity contribution >= 4 is 57.6 Å². The molecule has 0 aliphatic rings. The lowest BCUT2D eigenvalue weighted by molar-refractivity contribution is 0.470. The minimum atomic E-state index is 0.216. The average molecular weight is 466 g/mol. The monoisotopic (exact) mass is 466 g/mol. The molecule has 0 bridgehead atoms. The van der Waals surface area contributed by atoms with Gasteiger partial charge in [0.05, 0.1) is 22.3 Å². The number of phenols is 1. The Hall–Kier alpha value is -0.900. The molecule has 1 aromatic heterocycles. The third-order valence-electron chi connectivity index (χ3n) is 2.05. The van der Waals surface area contributed by atoms with E-state index in [1.54, 1.807) is 18.4 Å². The molecule has 0 aliphatic heterocycles. The van der Waals surface area contributed by atoms with Gasteiger partial charge in [-0.3, -0.25) is 0 Å². The van der Waals surface area contributed by atoms with Gasteiger partial charge in [-0.05, 0) is 69.4 Å². The lowest BCUT2D eigenvalue weighted by atomic mass is 10.2. The lowest BCUT2D eigenvalue weighted by Crippen LogP contribution is -1.87. The molecule has 0 saturated heterocycles. The smallest absolute Gasteiger partial charge is 0.146 e. The van der Waals surface area contributed by atoms with Crippen molar-refractivity contribution in [3.05, 3.63) is 49.0 Å². The Bertz CT molecular complexity index is 592. The summed E-state index contributed by atoms with van der Waals surface area (Å²) in [7, 11) is 0. The highest BCUT2D eigenvalue weighted by molar-refractivity contribution is 14.1. The first-order valence-electron chi connectivity index (χ1n) is 4.95. The van der Waals surface area contributed by atoms with Crippen molar-refractivity contribution in [1.82, 2.24) is 0 Å². The summed E-state index contributed by atoms with van der Waals surface area (Å²) in [4.78, 5) is 0. The van der Waals surface area contributed by atoms with E-state index in [0.717, 1.165) is 7.14 Å². The number of nitrogens with zero attached hydrogens (tertiary/aromatic N) is 2. The minimum absolute atomic E-state index is 0.216. The number of aromatic hydroxyl groups is 1. The van der Waals surface area contributed by atoms with Crippen LogP contribution >= 0.6 is 45.2 Å². The summed E-state index contributed by atoms with van der Waals surface area (Å²) in [6, 6.07) is 7.29. The fourth-order valence-corrected chi connectivity index (χ4v) is 3.12. The van der Waals surface area contributed by atoms with Crippen LogP contribution in [0.5, 0.6) is 5.75 Å². The molecule has 0 aliphatic carbocycles. The van der Waals surface area contributed by atoms with Crippen LogP contribution in [0.4, 0.5) is 0 Å². The highest BCUT2D eigenvalue weighted by Crippen LogP contribution is 2.25. The van der Waals surface area contributed by atoms with E-state index < -0.39 is 0 Å². The number of rotatable bonds is 3. The van der Waals surface area contributed by atoms with Gasteiger partial charge in [-0.1, -0.05) is 0 Å². The molecule has 1 N–H and O–H groups in total. The molecular weight excluding hydrogens is 458 g/mol. The van der Waals surface area contributed by atoms with Crippen LogP contribution in [0.1, 0.15) is 11.3 Å². The van der Waals surface area contributed by atoms with Crippen molar-refractivity contribution in [1.29, 1.82) is 0 Å². The van der Waals surface area contributed by atoms with Crippen LogP contribution < -0.4 is 0 Å². The number of hydrogen-bond donors (Lipinski definition) is 1. The Morgan fingerprint density at radius 3 is 2.67 bits per heavy atom. The zero-order valence-electron chi connectivity index (χ0n) is 9.05. The van der Waals surface area contributed by atoms with Gasteiger partial charge in [0.1, 0.15) is 11.5 Å². The van der Waals surface area contributed by atoms with Gasteiger partial charge in [-0.15, -0.1) is 0 Å². The van der Waals surface area contributed by atoms with E-state index in [2.05, 4.69) is 55.4 Å². The highest BCUT2D eigenvalue weighted by atomic mass is 127. The topological polar surface area (TPSA) is 58.1 Å². The van der Waals surface area contributed by atoms with Crippen LogP contribution in [0, 0.1) is 7.14 Å². The van der Waals surface area contributed by atoms with E-state index >= 15 is 0 Å². The van der Waals surface area contributed by atoms with E-state index in [0.29, 0.717) is 11.3 Å². The van der Waals surface area contributed by atoms with Crippen molar-refractivity contribution in [3.63, 3.8) is 0 Å². The first kappa shape index (κ1) is 13.5. The second kappa shape index (κ2) is 6.32. The molecule has 1 heterocycles. The second-order valence-electron chi connectivity index (χ2n) is 3.33. The third kappa shape index (κ3) is 3.55. The van der Waals surface area contributed by atoms with Gasteiger partial charge in [-0.2, -0.15) is 10.2 Å². The predicted molar refractivity (Wildman–Crippen MR) is 87.4 cm³/mol. The second-order valence-corrected chi connectivity index (χ2v) is 5.74. The van der Waals surface area contributed by atoms with E-state index in [1.165, 1.54) is 12.4 Å². The Kier molecular flexibility index (Phi) is 4.75. The number of benzene rings is 1. The van der Waals surface area contributed by atoms with Crippen molar-refractivity contribution in [3.8, 4) is 5.75 Å². The van der Waals surface area contributed by atoms with Gasteiger partial charge < -0.3 is 9.52 Å². The maximum atomic E-state index is 9.83. The van der Waals surface area contributed by atoms with Gasteiger partial charge >= 0.3 is 0 Å². The maximum absolute atomic E-state index is 9.83. The fourth-order valence-electron chi connectivity index (χ4n) is 1.23. The number of phenolic OH excluding ortho intramolecular Hbond substituents is 1. The quantitative estimate of drug-likeness (QED) is 0.427. The molecule has 0 saturated carbocycles. The van der Waals surface area contributed by atoms with Gasteiger partial charge in [0.2, 0.25) is 0 Å². The Morgan fingerprint density at radius 2 is 1.94 bits per heavy atom. The van der Waals surface area contributed by atoms with Crippen molar-refractivity contribution in [2.75, 3.05) is 0 Å². The first-order valence-corrected chi connectivity index (χ1v) is 7.10. The summed E-state index contributed by atoms with van der Waals surface area (Å²) >= 11 is 4.26. The average Bonchev–Trinajstić information content (AvgIpc) is 2.83. The van der Waals surface area contributed by atoms with E-state index in [4.69, 9.17) is 4.42 Å². The van der Waals surface area contributed by atoms with Crippen LogP contribution in [0.3, 0.4) is 0 Å². The Labute approximate surface area is 131 Å². The van der Waals surface area contributed by atoms with E-state index in [-0.39, 0.29) is 5.75 Å². The normalized spacial score (nSPS) is 11.7. The minimum Gasteiger partial charge on any atom is -0.506 e. The summed E-state index contributed by atoms with van der Waals surface area (Å²) in [5.74, 6) is 0.849. The van der Waals surface area contributed by atoms with Gasteiger partial charge in [0, 0.05) is 9.13 Å². The molecule has 18 heavy (non-hydrogen) atoms. The molecule has 0 atom stereocenters. The molecule has 4 nitrogen and oxygen atoms in total. The lowest BCUT2D eigenvalue weighted by Gasteiger charge is -2.01. The van der Waals surface area contributed by atoms with Crippen molar-refractivity contribution in [2.24, 2.45) is 10.2 Å². The summed E-state index contributed by atoms with van der Waals surface area (Å²) < 4.78 is 6.89. The maximum Gasteiger partial charge on any atom is 0.146 e. The van der Waals surface area contributed by atoms with Crippen LogP contribution in [0.25, 0.3) is 0 Å². The van der Waals surface area contributed by atoms with Crippen LogP contribution in [0.2, 0.25) is 0 Å². The van der Waals surface area contributed by atoms with Crippen LogP contribution in [-0.4, -0.2) is 17.5 Å². The third-order valence-corrected chi connectivity index (χ3v) is 3.49. The molecule has 0 fully saturated rings. The van der Waals surface area contributed by atoms with Crippen LogP contribution in [0.15, 0.2) is 45.1 Å². The zero-order chi connectivity index (χ0) is 13.0. The van der Waals surface area contributed by atoms with Crippen molar-refractivity contribution in [2.45, 2.75) is 0 Å². The molecular formula is C12H8I2N2O2. The van der Waals surface area contributed by atoms with E-state index in [1.807, 2.05) is 12.1 Å². The molecule has 0 amide bonds. The van der Waals surface area contributed by atoms with Gasteiger partial charge in [0.15, 0.2) is 0 Å². The number of hydrogen-bond acceptors (Lipinski definition) is 4. The summed E-state index contributed by atoms with van der Waals surface area (Å²) in [6.45, 7) is 0. The summed E-state index contributed by atoms with van der Waals surface area (Å²) in [6.07, 6.45) is 4.59. The fraction of sp³-hybridized carbons (Fsp3) is 0. The Balaban J connectivity index is 2.14. The molecule has 0 radical (unpaired) electrons. The van der Waals surface area contributed by atoms with Gasteiger partial charge in [0.25, 0.3) is 0 Å². The number of furan rings is 1. The first-order chi connectivity index (χ1) is 8.66. The summed E-state index contributed by atoms with van der Waals surface area (Å²) in [5, 5.41) is 17.6. The van der Waals surface area contributed by atoms with Gasteiger partial charge in [-0.25, -0.2) is 0 Å². The SMILES string of the molecule is Oc1c(I)cc(I)cc1/C=N\N=C\c1ccco1. The molecule has 2 rings (SSSR count).